The molecule has 0 fully saturated rings. The highest BCUT2D eigenvalue weighted by molar-refractivity contribution is 5.93. The minimum Gasteiger partial charge on any atom is -0.489 e. The lowest BCUT2D eigenvalue weighted by Gasteiger charge is -2.13. The Bertz CT molecular complexity index is 1250. The average molecular weight is 493 g/mol. The van der Waals surface area contributed by atoms with E-state index in [2.05, 4.69) is 0 Å². The summed E-state index contributed by atoms with van der Waals surface area (Å²) in [6.07, 6.45) is 4.55. The fraction of sp³-hybridized carbons (Fsp3) is 0.182. The lowest BCUT2D eigenvalue weighted by molar-refractivity contribution is -0.114. The van der Waals surface area contributed by atoms with E-state index in [1.165, 1.54) is 0 Å². The molecule has 37 heavy (non-hydrogen) atoms. The van der Waals surface area contributed by atoms with Gasteiger partial charge in [0.05, 0.1) is 6.61 Å². The summed E-state index contributed by atoms with van der Waals surface area (Å²) in [5.41, 5.74) is 4.13. The van der Waals surface area contributed by atoms with Crippen molar-refractivity contribution in [2.24, 2.45) is 0 Å². The first-order chi connectivity index (χ1) is 18.3. The van der Waals surface area contributed by atoms with Crippen LogP contribution < -0.4 is 9.47 Å². The first-order valence-corrected chi connectivity index (χ1v) is 12.6. The monoisotopic (exact) mass is 492 g/mol. The van der Waals surface area contributed by atoms with Crippen LogP contribution in [-0.2, 0) is 29.4 Å². The summed E-state index contributed by atoms with van der Waals surface area (Å²) in [5.74, 6) is 1.44. The third-order valence-electron chi connectivity index (χ3n) is 5.74. The van der Waals surface area contributed by atoms with Crippen molar-refractivity contribution < 1.29 is 19.0 Å². The quantitative estimate of drug-likeness (QED) is 0.136. The highest BCUT2D eigenvalue weighted by atomic mass is 16.5. The van der Waals surface area contributed by atoms with Gasteiger partial charge in [0.1, 0.15) is 24.7 Å². The lowest BCUT2D eigenvalue weighted by Crippen LogP contribution is -2.00. The van der Waals surface area contributed by atoms with Gasteiger partial charge in [0.25, 0.3) is 0 Å². The molecule has 0 aromatic heterocycles. The number of ketones is 1. The number of hydrogen-bond acceptors (Lipinski definition) is 4. The van der Waals surface area contributed by atoms with Gasteiger partial charge in [-0.25, -0.2) is 0 Å². The predicted molar refractivity (Wildman–Crippen MR) is 147 cm³/mol. The molecule has 0 unspecified atom stereocenters. The van der Waals surface area contributed by atoms with Gasteiger partial charge in [-0.15, -0.1) is 0 Å². The fourth-order valence-corrected chi connectivity index (χ4v) is 3.72. The van der Waals surface area contributed by atoms with Gasteiger partial charge in [0.15, 0.2) is 5.78 Å². The molecule has 4 nitrogen and oxygen atoms in total. The smallest absolute Gasteiger partial charge is 0.155 e. The molecular formula is C33H32O4. The topological polar surface area (TPSA) is 44.8 Å². The molecule has 0 N–H and O–H groups in total. The molecule has 4 aromatic rings. The van der Waals surface area contributed by atoms with E-state index in [1.54, 1.807) is 6.08 Å². The van der Waals surface area contributed by atoms with Crippen molar-refractivity contribution >= 4 is 11.9 Å². The zero-order valence-electron chi connectivity index (χ0n) is 20.9. The number of hydrogen-bond donors (Lipinski definition) is 0. The van der Waals surface area contributed by atoms with Crippen molar-refractivity contribution in [3.05, 3.63) is 138 Å². The van der Waals surface area contributed by atoms with Gasteiger partial charge < -0.3 is 14.2 Å². The van der Waals surface area contributed by atoms with Crippen LogP contribution in [0.4, 0.5) is 0 Å². The molecule has 0 bridgehead atoms. The molecule has 0 aliphatic heterocycles. The molecule has 0 aliphatic carbocycles. The van der Waals surface area contributed by atoms with E-state index in [-0.39, 0.29) is 5.78 Å². The predicted octanol–water partition coefficient (Wildman–Crippen LogP) is 7.42. The molecular weight excluding hydrogens is 460 g/mol. The second-order valence-corrected chi connectivity index (χ2v) is 8.69. The molecule has 0 heterocycles. The van der Waals surface area contributed by atoms with E-state index in [4.69, 9.17) is 14.2 Å². The Kier molecular flexibility index (Phi) is 10.1. The van der Waals surface area contributed by atoms with Crippen molar-refractivity contribution in [1.82, 2.24) is 0 Å². The van der Waals surface area contributed by atoms with E-state index in [1.807, 2.05) is 115 Å². The maximum absolute atomic E-state index is 12.5. The van der Waals surface area contributed by atoms with Gasteiger partial charge in [0.2, 0.25) is 0 Å². The second kappa shape index (κ2) is 14.4. The molecule has 0 aliphatic rings. The van der Waals surface area contributed by atoms with E-state index in [0.29, 0.717) is 50.8 Å². The number of benzene rings is 4. The Balaban J connectivity index is 1.33. The van der Waals surface area contributed by atoms with Crippen molar-refractivity contribution in [3.63, 3.8) is 0 Å². The van der Waals surface area contributed by atoms with Crippen molar-refractivity contribution in [2.45, 2.75) is 32.7 Å². The zero-order chi connectivity index (χ0) is 25.5. The van der Waals surface area contributed by atoms with Gasteiger partial charge in [-0.2, -0.15) is 0 Å². The summed E-state index contributed by atoms with van der Waals surface area (Å²) < 4.78 is 17.8. The van der Waals surface area contributed by atoms with Crippen molar-refractivity contribution in [3.8, 4) is 11.5 Å². The molecule has 0 saturated carbocycles. The molecule has 0 atom stereocenters. The highest BCUT2D eigenvalue weighted by Gasteiger charge is 2.07. The molecule has 4 heteroatoms. The summed E-state index contributed by atoms with van der Waals surface area (Å²) in [4.78, 5) is 12.5. The summed E-state index contributed by atoms with van der Waals surface area (Å²) >= 11 is 0. The van der Waals surface area contributed by atoms with Crippen LogP contribution in [0.15, 0.2) is 115 Å². The van der Waals surface area contributed by atoms with Crippen LogP contribution >= 0.6 is 0 Å². The Labute approximate surface area is 219 Å². The molecule has 0 saturated heterocycles. The standard InChI is InChI=1S/C33H32O4/c34-31(17-10-22-35-24-27-11-4-1-5-12-27)20-18-30-19-21-32(36-25-28-13-6-2-7-14-28)23-33(30)37-26-29-15-8-3-9-16-29/h1-9,11-16,18-21,23H,10,17,22,24-26H2/b20-18+. The maximum Gasteiger partial charge on any atom is 0.155 e. The van der Waals surface area contributed by atoms with E-state index < -0.39 is 0 Å². The number of allylic oxidation sites excluding steroid dienone is 1. The molecule has 4 aromatic carbocycles. The van der Waals surface area contributed by atoms with Crippen molar-refractivity contribution in [2.75, 3.05) is 6.61 Å². The molecule has 0 spiro atoms. The van der Waals surface area contributed by atoms with Crippen LogP contribution in [0, 0.1) is 0 Å². The summed E-state index contributed by atoms with van der Waals surface area (Å²) in [6, 6.07) is 35.8. The van der Waals surface area contributed by atoms with E-state index in [0.717, 1.165) is 22.3 Å². The summed E-state index contributed by atoms with van der Waals surface area (Å²) in [6.45, 7) is 2.01. The van der Waals surface area contributed by atoms with Crippen molar-refractivity contribution in [1.29, 1.82) is 0 Å². The number of ether oxygens (including phenoxy) is 3. The van der Waals surface area contributed by atoms with E-state index in [9.17, 15) is 4.79 Å². The Morgan fingerprint density at radius 2 is 1.22 bits per heavy atom. The van der Waals surface area contributed by atoms with Gasteiger partial charge >= 0.3 is 0 Å². The van der Waals surface area contributed by atoms with E-state index >= 15 is 0 Å². The Hall–Kier alpha value is -4.15. The molecule has 188 valence electrons. The zero-order valence-corrected chi connectivity index (χ0v) is 20.9. The molecule has 4 rings (SSSR count). The Morgan fingerprint density at radius 3 is 1.84 bits per heavy atom. The van der Waals surface area contributed by atoms with Crippen LogP contribution in [-0.4, -0.2) is 12.4 Å². The summed E-state index contributed by atoms with van der Waals surface area (Å²) in [5, 5.41) is 0. The third-order valence-corrected chi connectivity index (χ3v) is 5.74. The van der Waals surface area contributed by atoms with Crippen LogP contribution in [0.2, 0.25) is 0 Å². The summed E-state index contributed by atoms with van der Waals surface area (Å²) in [7, 11) is 0. The third kappa shape index (κ3) is 9.10. The fourth-order valence-electron chi connectivity index (χ4n) is 3.72. The minimum absolute atomic E-state index is 0.0572. The molecule has 0 radical (unpaired) electrons. The average Bonchev–Trinajstić information content (AvgIpc) is 2.96. The minimum atomic E-state index is 0.0572. The number of rotatable bonds is 14. The number of carbonyl (C=O) groups excluding carboxylic acids is 1. The van der Waals surface area contributed by atoms with Crippen LogP contribution in [0.5, 0.6) is 11.5 Å². The van der Waals surface area contributed by atoms with Crippen LogP contribution in [0.25, 0.3) is 6.08 Å². The first kappa shape index (κ1) is 25.9. The SMILES string of the molecule is O=C(/C=C/c1ccc(OCc2ccccc2)cc1OCc1ccccc1)CCCOCc1ccccc1. The van der Waals surface area contributed by atoms with Gasteiger partial charge in [-0.05, 0) is 47.4 Å². The highest BCUT2D eigenvalue weighted by Crippen LogP contribution is 2.28. The second-order valence-electron chi connectivity index (χ2n) is 8.69. The van der Waals surface area contributed by atoms with Gasteiger partial charge in [-0.1, -0.05) is 91.0 Å². The van der Waals surface area contributed by atoms with Gasteiger partial charge in [0, 0.05) is 24.7 Å². The normalized spacial score (nSPS) is 10.9. The lowest BCUT2D eigenvalue weighted by atomic mass is 10.1. The largest absolute Gasteiger partial charge is 0.489 e. The number of carbonyl (C=O) groups is 1. The Morgan fingerprint density at radius 1 is 0.649 bits per heavy atom. The maximum atomic E-state index is 12.5. The van der Waals surface area contributed by atoms with Crippen LogP contribution in [0.3, 0.4) is 0 Å². The van der Waals surface area contributed by atoms with Gasteiger partial charge in [-0.3, -0.25) is 4.79 Å². The molecule has 0 amide bonds. The van der Waals surface area contributed by atoms with Crippen LogP contribution in [0.1, 0.15) is 35.1 Å². The first-order valence-electron chi connectivity index (χ1n) is 12.6.